The molecule has 0 N–H and O–H groups in total. The number of rotatable bonds is 1. The van der Waals surface area contributed by atoms with E-state index in [1.807, 2.05) is 0 Å². The van der Waals surface area contributed by atoms with Crippen molar-refractivity contribution in [3.63, 3.8) is 0 Å². The third kappa shape index (κ3) is 2.31. The van der Waals surface area contributed by atoms with Crippen molar-refractivity contribution in [2.45, 2.75) is 53.4 Å². The van der Waals surface area contributed by atoms with E-state index in [2.05, 4.69) is 58.9 Å². The van der Waals surface area contributed by atoms with Gasteiger partial charge in [0.1, 0.15) is 0 Å². The summed E-state index contributed by atoms with van der Waals surface area (Å²) in [6.45, 7) is 11.6. The average Bonchev–Trinajstić information content (AvgIpc) is 2.26. The second-order valence-electron chi connectivity index (χ2n) is 6.44. The van der Waals surface area contributed by atoms with Gasteiger partial charge < -0.3 is 0 Å². The van der Waals surface area contributed by atoms with Crippen LogP contribution in [0.25, 0.3) is 11.6 Å². The van der Waals surface area contributed by atoms with Crippen LogP contribution in [0.3, 0.4) is 0 Å². The fraction of sp³-hybridized carbons (Fsp3) is 0.529. The van der Waals surface area contributed by atoms with Crippen LogP contribution in [0.15, 0.2) is 18.2 Å². The Kier molecular flexibility index (Phi) is 3.16. The molecular weight excluding hydrogens is 204 g/mol. The van der Waals surface area contributed by atoms with Crippen LogP contribution >= 0.6 is 0 Å². The van der Waals surface area contributed by atoms with Gasteiger partial charge in [-0.25, -0.2) is 0 Å². The van der Waals surface area contributed by atoms with Crippen molar-refractivity contribution in [3.05, 3.63) is 34.2 Å². The summed E-state index contributed by atoms with van der Waals surface area (Å²) in [5.41, 5.74) is 3.44. The first-order valence-electron chi connectivity index (χ1n) is 6.74. The Balaban J connectivity index is 2.88. The van der Waals surface area contributed by atoms with Crippen LogP contribution in [0.4, 0.5) is 0 Å². The molecule has 0 heteroatoms. The highest BCUT2D eigenvalue weighted by Gasteiger charge is 2.20. The zero-order valence-corrected chi connectivity index (χ0v) is 11.8. The fourth-order valence-corrected chi connectivity index (χ4v) is 2.84. The smallest absolute Gasteiger partial charge is 0.0155 e. The zero-order chi connectivity index (χ0) is 12.6. The Bertz CT molecular complexity index is 524. The maximum absolute atomic E-state index is 2.40. The van der Waals surface area contributed by atoms with Crippen LogP contribution in [0.2, 0.25) is 0 Å². The van der Waals surface area contributed by atoms with E-state index in [9.17, 15) is 0 Å². The molecular formula is C17H24. The minimum atomic E-state index is 0.286. The second-order valence-corrected chi connectivity index (χ2v) is 6.44. The van der Waals surface area contributed by atoms with Gasteiger partial charge in [0.2, 0.25) is 0 Å². The van der Waals surface area contributed by atoms with E-state index >= 15 is 0 Å². The normalized spacial score (nSPS) is 15.8. The number of fused-ring (bicyclic) bond motifs is 1. The maximum atomic E-state index is 2.40. The third-order valence-corrected chi connectivity index (χ3v) is 3.72. The van der Waals surface area contributed by atoms with Crippen LogP contribution < -0.4 is 10.4 Å². The molecule has 1 aromatic carbocycles. The van der Waals surface area contributed by atoms with Crippen LogP contribution in [0.5, 0.6) is 0 Å². The molecule has 0 amide bonds. The van der Waals surface area contributed by atoms with Gasteiger partial charge in [0.15, 0.2) is 0 Å². The van der Waals surface area contributed by atoms with Gasteiger partial charge in [-0.05, 0) is 40.2 Å². The third-order valence-electron chi connectivity index (χ3n) is 3.72. The number of hydrogen-bond donors (Lipinski definition) is 0. The van der Waals surface area contributed by atoms with Crippen molar-refractivity contribution in [1.82, 2.24) is 0 Å². The first-order valence-corrected chi connectivity index (χ1v) is 6.74. The van der Waals surface area contributed by atoms with Gasteiger partial charge in [-0.2, -0.15) is 0 Å². The predicted octanol–water partition coefficient (Wildman–Crippen LogP) is 3.58. The molecule has 1 aromatic rings. The quantitative estimate of drug-likeness (QED) is 0.689. The molecule has 0 spiro atoms. The SMILES string of the molecule is CC(C)c1cccc2c1=C(C(C)(C)C)CCC=2. The Morgan fingerprint density at radius 1 is 1.12 bits per heavy atom. The largest absolute Gasteiger partial charge is 0.0763 e. The van der Waals surface area contributed by atoms with Crippen molar-refractivity contribution in [1.29, 1.82) is 0 Å². The zero-order valence-electron chi connectivity index (χ0n) is 11.8. The first-order chi connectivity index (χ1) is 7.91. The van der Waals surface area contributed by atoms with E-state index in [1.165, 1.54) is 23.6 Å². The lowest BCUT2D eigenvalue weighted by Gasteiger charge is -2.27. The monoisotopic (exact) mass is 228 g/mol. The lowest BCUT2D eigenvalue weighted by molar-refractivity contribution is 0.542. The summed E-state index contributed by atoms with van der Waals surface area (Å²) in [6, 6.07) is 6.77. The van der Waals surface area contributed by atoms with Crippen molar-refractivity contribution in [3.8, 4) is 0 Å². The van der Waals surface area contributed by atoms with Crippen molar-refractivity contribution < 1.29 is 0 Å². The predicted molar refractivity (Wildman–Crippen MR) is 76.3 cm³/mol. The van der Waals surface area contributed by atoms with Crippen molar-refractivity contribution >= 4 is 11.6 Å². The molecule has 0 atom stereocenters. The summed E-state index contributed by atoms with van der Waals surface area (Å²) in [6.07, 6.45) is 4.82. The molecule has 0 bridgehead atoms. The maximum Gasteiger partial charge on any atom is -0.0155 e. The molecule has 0 aliphatic heterocycles. The van der Waals surface area contributed by atoms with Gasteiger partial charge in [0, 0.05) is 0 Å². The highest BCUT2D eigenvalue weighted by Crippen LogP contribution is 2.30. The lowest BCUT2D eigenvalue weighted by Crippen LogP contribution is -2.36. The Morgan fingerprint density at radius 3 is 2.41 bits per heavy atom. The van der Waals surface area contributed by atoms with Gasteiger partial charge in [-0.3, -0.25) is 0 Å². The molecule has 0 aromatic heterocycles. The van der Waals surface area contributed by atoms with Gasteiger partial charge in [-0.15, -0.1) is 0 Å². The first kappa shape index (κ1) is 12.4. The summed E-state index contributed by atoms with van der Waals surface area (Å²) in [4.78, 5) is 0. The van der Waals surface area contributed by atoms with Crippen molar-refractivity contribution in [2.75, 3.05) is 0 Å². The molecule has 0 heterocycles. The molecule has 2 rings (SSSR count). The Morgan fingerprint density at radius 2 is 1.82 bits per heavy atom. The topological polar surface area (TPSA) is 0 Å². The minimum Gasteiger partial charge on any atom is -0.0763 e. The molecule has 1 aliphatic rings. The molecule has 0 saturated carbocycles. The molecule has 1 aliphatic carbocycles. The Labute approximate surface area is 105 Å². The van der Waals surface area contributed by atoms with E-state index in [4.69, 9.17) is 0 Å². The van der Waals surface area contributed by atoms with Gasteiger partial charge in [-0.1, -0.05) is 64.5 Å². The van der Waals surface area contributed by atoms with Crippen LogP contribution in [-0.2, 0) is 0 Å². The van der Waals surface area contributed by atoms with E-state index < -0.39 is 0 Å². The van der Waals surface area contributed by atoms with Gasteiger partial charge in [0.05, 0.1) is 0 Å². The fourth-order valence-electron chi connectivity index (χ4n) is 2.84. The molecule has 0 fully saturated rings. The van der Waals surface area contributed by atoms with Crippen molar-refractivity contribution in [2.24, 2.45) is 5.41 Å². The summed E-state index contributed by atoms with van der Waals surface area (Å²) in [5, 5.41) is 2.99. The Hall–Kier alpha value is -1.04. The minimum absolute atomic E-state index is 0.286. The lowest BCUT2D eigenvalue weighted by atomic mass is 9.78. The van der Waals surface area contributed by atoms with Gasteiger partial charge in [0.25, 0.3) is 0 Å². The second kappa shape index (κ2) is 4.33. The summed E-state index contributed by atoms with van der Waals surface area (Å²) < 4.78 is 0. The standard InChI is InChI=1S/C17H24/c1-12(2)14-10-6-8-13-9-7-11-15(16(13)14)17(3,4)5/h6,8-10,12H,7,11H2,1-5H3. The highest BCUT2D eigenvalue weighted by molar-refractivity contribution is 5.57. The summed E-state index contributed by atoms with van der Waals surface area (Å²) in [7, 11) is 0. The number of benzene rings is 1. The molecule has 0 saturated heterocycles. The van der Waals surface area contributed by atoms with E-state index in [0.717, 1.165) is 0 Å². The van der Waals surface area contributed by atoms with Crippen LogP contribution in [0, 0.1) is 5.41 Å². The van der Waals surface area contributed by atoms with E-state index in [1.54, 1.807) is 10.8 Å². The average molecular weight is 228 g/mol. The summed E-state index contributed by atoms with van der Waals surface area (Å²) in [5.74, 6) is 0.605. The highest BCUT2D eigenvalue weighted by atomic mass is 14.3. The van der Waals surface area contributed by atoms with Gasteiger partial charge >= 0.3 is 0 Å². The molecule has 0 unspecified atom stereocenters. The molecule has 0 radical (unpaired) electrons. The number of hydrogen-bond acceptors (Lipinski definition) is 0. The molecule has 92 valence electrons. The molecule has 17 heavy (non-hydrogen) atoms. The van der Waals surface area contributed by atoms with E-state index in [0.29, 0.717) is 5.92 Å². The van der Waals surface area contributed by atoms with Crippen LogP contribution in [-0.4, -0.2) is 0 Å². The van der Waals surface area contributed by atoms with E-state index in [-0.39, 0.29) is 5.41 Å². The molecule has 0 nitrogen and oxygen atoms in total. The summed E-state index contributed by atoms with van der Waals surface area (Å²) >= 11 is 0. The van der Waals surface area contributed by atoms with Crippen LogP contribution in [0.1, 0.15) is 58.9 Å².